The van der Waals surface area contributed by atoms with Crippen LogP contribution in [0, 0.1) is 5.82 Å². The Kier molecular flexibility index (Phi) is 4.51. The fourth-order valence-corrected chi connectivity index (χ4v) is 4.41. The quantitative estimate of drug-likeness (QED) is 0.768. The first-order valence-corrected chi connectivity index (χ1v) is 9.28. The lowest BCUT2D eigenvalue weighted by Gasteiger charge is -2.21. The monoisotopic (exact) mass is 367 g/mol. The summed E-state index contributed by atoms with van der Waals surface area (Å²) in [5.41, 5.74) is 1.59. The minimum atomic E-state index is -0.631. The maximum atomic E-state index is 14.4. The van der Waals surface area contributed by atoms with E-state index in [4.69, 9.17) is 0 Å². The number of benzene rings is 2. The molecule has 2 aromatic carbocycles. The van der Waals surface area contributed by atoms with Crippen molar-refractivity contribution in [1.82, 2.24) is 14.9 Å². The Labute approximate surface area is 155 Å². The van der Waals surface area contributed by atoms with Crippen LogP contribution in [-0.2, 0) is 18.3 Å². The molecule has 1 aliphatic heterocycles. The standard InChI is InChI=1S/C20H18FN3OS/c1-24-11-10-22-19(24)18(14-7-3-4-8-15(14)21)23-20(25)17-12-13-6-2-5-9-16(13)26-17/h2-11,17-18H,12H2,1H3,(H,23,25). The van der Waals surface area contributed by atoms with E-state index < -0.39 is 6.04 Å². The topological polar surface area (TPSA) is 46.9 Å². The number of aromatic nitrogens is 2. The first kappa shape index (κ1) is 16.8. The molecular formula is C20H18FN3OS. The highest BCUT2D eigenvalue weighted by atomic mass is 32.2. The van der Waals surface area contributed by atoms with E-state index in [1.165, 1.54) is 11.6 Å². The number of hydrogen-bond donors (Lipinski definition) is 1. The first-order chi connectivity index (χ1) is 12.6. The number of halogens is 1. The average Bonchev–Trinajstić information content (AvgIpc) is 3.26. The van der Waals surface area contributed by atoms with Crippen molar-refractivity contribution >= 4 is 17.7 Å². The smallest absolute Gasteiger partial charge is 0.234 e. The van der Waals surface area contributed by atoms with Gasteiger partial charge in [0.1, 0.15) is 17.7 Å². The normalized spacial score (nSPS) is 16.9. The number of aryl methyl sites for hydroxylation is 1. The Morgan fingerprint density at radius 2 is 2.04 bits per heavy atom. The summed E-state index contributed by atoms with van der Waals surface area (Å²) in [4.78, 5) is 18.4. The van der Waals surface area contributed by atoms with Gasteiger partial charge in [0.25, 0.3) is 0 Å². The molecule has 4 rings (SSSR count). The van der Waals surface area contributed by atoms with Crippen molar-refractivity contribution in [2.45, 2.75) is 22.6 Å². The van der Waals surface area contributed by atoms with E-state index in [0.717, 1.165) is 4.90 Å². The molecular weight excluding hydrogens is 349 g/mol. The van der Waals surface area contributed by atoms with E-state index in [-0.39, 0.29) is 17.0 Å². The number of carbonyl (C=O) groups excluding carboxylic acids is 1. The molecule has 0 saturated heterocycles. The molecule has 132 valence electrons. The molecule has 1 aromatic heterocycles. The molecule has 1 N–H and O–H groups in total. The highest BCUT2D eigenvalue weighted by molar-refractivity contribution is 8.01. The van der Waals surface area contributed by atoms with Crippen molar-refractivity contribution in [2.75, 3.05) is 0 Å². The highest BCUT2D eigenvalue weighted by Gasteiger charge is 2.31. The number of nitrogens with one attached hydrogen (secondary N) is 1. The molecule has 2 unspecified atom stereocenters. The van der Waals surface area contributed by atoms with E-state index in [1.54, 1.807) is 46.9 Å². The second-order valence-electron chi connectivity index (χ2n) is 6.28. The fourth-order valence-electron chi connectivity index (χ4n) is 3.21. The zero-order valence-electron chi connectivity index (χ0n) is 14.2. The molecule has 6 heteroatoms. The summed E-state index contributed by atoms with van der Waals surface area (Å²) < 4.78 is 16.2. The van der Waals surface area contributed by atoms with Crippen LogP contribution < -0.4 is 5.32 Å². The molecule has 0 bridgehead atoms. The Balaban J connectivity index is 1.61. The van der Waals surface area contributed by atoms with Crippen molar-refractivity contribution in [2.24, 2.45) is 7.05 Å². The van der Waals surface area contributed by atoms with Gasteiger partial charge in [-0.25, -0.2) is 9.37 Å². The minimum absolute atomic E-state index is 0.109. The van der Waals surface area contributed by atoms with Gasteiger partial charge in [0, 0.05) is 29.9 Å². The lowest BCUT2D eigenvalue weighted by atomic mass is 10.0. The van der Waals surface area contributed by atoms with Gasteiger partial charge in [-0.15, -0.1) is 11.8 Å². The minimum Gasteiger partial charge on any atom is -0.341 e. The molecule has 1 aliphatic rings. The van der Waals surface area contributed by atoms with Gasteiger partial charge in [-0.3, -0.25) is 4.79 Å². The Morgan fingerprint density at radius 3 is 2.77 bits per heavy atom. The van der Waals surface area contributed by atoms with E-state index >= 15 is 0 Å². The molecule has 0 saturated carbocycles. The summed E-state index contributed by atoms with van der Waals surface area (Å²) in [7, 11) is 1.84. The summed E-state index contributed by atoms with van der Waals surface area (Å²) in [6, 6.07) is 13.9. The fraction of sp³-hybridized carbons (Fsp3) is 0.200. The largest absolute Gasteiger partial charge is 0.341 e. The zero-order valence-corrected chi connectivity index (χ0v) is 15.0. The summed E-state index contributed by atoms with van der Waals surface area (Å²) in [5, 5.41) is 2.79. The van der Waals surface area contributed by atoms with Crippen LogP contribution in [0.25, 0.3) is 0 Å². The molecule has 0 radical (unpaired) electrons. The van der Waals surface area contributed by atoms with Gasteiger partial charge in [0.05, 0.1) is 5.25 Å². The van der Waals surface area contributed by atoms with Crippen LogP contribution in [0.5, 0.6) is 0 Å². The lowest BCUT2D eigenvalue weighted by Crippen LogP contribution is -2.37. The van der Waals surface area contributed by atoms with Crippen LogP contribution >= 0.6 is 11.8 Å². The van der Waals surface area contributed by atoms with E-state index in [2.05, 4.69) is 10.3 Å². The number of hydrogen-bond acceptors (Lipinski definition) is 3. The lowest BCUT2D eigenvalue weighted by molar-refractivity contribution is -0.121. The average molecular weight is 367 g/mol. The molecule has 4 nitrogen and oxygen atoms in total. The molecule has 1 amide bonds. The summed E-state index contributed by atoms with van der Waals surface area (Å²) in [6.07, 6.45) is 4.11. The van der Waals surface area contributed by atoms with Crippen molar-refractivity contribution < 1.29 is 9.18 Å². The van der Waals surface area contributed by atoms with Crippen LogP contribution in [0.1, 0.15) is 23.0 Å². The molecule has 26 heavy (non-hydrogen) atoms. The van der Waals surface area contributed by atoms with Gasteiger partial charge in [-0.1, -0.05) is 36.4 Å². The van der Waals surface area contributed by atoms with E-state index in [0.29, 0.717) is 17.8 Å². The maximum absolute atomic E-state index is 14.4. The highest BCUT2D eigenvalue weighted by Crippen LogP contribution is 2.37. The number of rotatable bonds is 4. The van der Waals surface area contributed by atoms with Crippen molar-refractivity contribution in [1.29, 1.82) is 0 Å². The van der Waals surface area contributed by atoms with Crippen LogP contribution in [0.15, 0.2) is 65.8 Å². The van der Waals surface area contributed by atoms with Crippen LogP contribution in [-0.4, -0.2) is 20.7 Å². The van der Waals surface area contributed by atoms with Gasteiger partial charge in [-0.05, 0) is 24.1 Å². The number of nitrogens with zero attached hydrogens (tertiary/aromatic N) is 2. The van der Waals surface area contributed by atoms with E-state index in [1.807, 2.05) is 31.3 Å². The molecule has 0 spiro atoms. The first-order valence-electron chi connectivity index (χ1n) is 8.40. The second-order valence-corrected chi connectivity index (χ2v) is 7.52. The molecule has 0 fully saturated rings. The van der Waals surface area contributed by atoms with Gasteiger partial charge in [-0.2, -0.15) is 0 Å². The van der Waals surface area contributed by atoms with Gasteiger partial charge >= 0.3 is 0 Å². The molecule has 2 atom stereocenters. The molecule has 3 aromatic rings. The van der Waals surface area contributed by atoms with Crippen molar-refractivity contribution in [3.05, 3.63) is 83.7 Å². The Morgan fingerprint density at radius 1 is 1.27 bits per heavy atom. The van der Waals surface area contributed by atoms with Gasteiger partial charge in [0.2, 0.25) is 5.91 Å². The number of fused-ring (bicyclic) bond motifs is 1. The number of amides is 1. The van der Waals surface area contributed by atoms with Crippen LogP contribution in [0.3, 0.4) is 0 Å². The molecule has 2 heterocycles. The third kappa shape index (κ3) is 3.12. The third-order valence-electron chi connectivity index (χ3n) is 4.56. The van der Waals surface area contributed by atoms with Crippen molar-refractivity contribution in [3.63, 3.8) is 0 Å². The van der Waals surface area contributed by atoms with Crippen molar-refractivity contribution in [3.8, 4) is 0 Å². The summed E-state index contributed by atoms with van der Waals surface area (Å²) in [6.45, 7) is 0. The van der Waals surface area contributed by atoms with E-state index in [9.17, 15) is 9.18 Å². The molecule has 0 aliphatic carbocycles. The summed E-state index contributed by atoms with van der Waals surface area (Å²) >= 11 is 1.55. The van der Waals surface area contributed by atoms with Crippen LogP contribution in [0.2, 0.25) is 0 Å². The second kappa shape index (κ2) is 6.96. The summed E-state index contributed by atoms with van der Waals surface area (Å²) in [5.74, 6) is 0.134. The SMILES string of the molecule is Cn1ccnc1C(NC(=O)C1Cc2ccccc2S1)c1ccccc1F. The third-order valence-corrected chi connectivity index (χ3v) is 5.88. The van der Waals surface area contributed by atoms with Gasteiger partial charge in [0.15, 0.2) is 0 Å². The van der Waals surface area contributed by atoms with Crippen LogP contribution in [0.4, 0.5) is 4.39 Å². The number of imidazole rings is 1. The maximum Gasteiger partial charge on any atom is 0.234 e. The number of carbonyl (C=O) groups is 1. The zero-order chi connectivity index (χ0) is 18.1. The Hall–Kier alpha value is -2.60. The Bertz CT molecular complexity index is 930. The predicted molar refractivity (Wildman–Crippen MR) is 99.4 cm³/mol. The van der Waals surface area contributed by atoms with Gasteiger partial charge < -0.3 is 9.88 Å². The number of thioether (sulfide) groups is 1. The predicted octanol–water partition coefficient (Wildman–Crippen LogP) is 3.48.